The first-order valence-corrected chi connectivity index (χ1v) is 36.3. The van der Waals surface area contributed by atoms with Crippen molar-refractivity contribution in [1.82, 2.24) is 0 Å². The van der Waals surface area contributed by atoms with Gasteiger partial charge in [-0.1, -0.05) is 35.4 Å². The van der Waals surface area contributed by atoms with Gasteiger partial charge in [-0.05, 0) is 63.8 Å². The van der Waals surface area contributed by atoms with E-state index < -0.39 is 17.4 Å². The smallest absolute Gasteiger partial charge is 0.121 e. The molecule has 2 unspecified atom stereocenters. The maximum absolute atomic E-state index is 9.33. The summed E-state index contributed by atoms with van der Waals surface area (Å²) in [6.45, 7) is 19.0. The summed E-state index contributed by atoms with van der Waals surface area (Å²) in [5.41, 5.74) is 20.7. The monoisotopic (exact) mass is 932 g/mol. The third-order valence-electron chi connectivity index (χ3n) is 13.9. The Labute approximate surface area is 383 Å². The summed E-state index contributed by atoms with van der Waals surface area (Å²) in [7, 11) is 0. The summed E-state index contributed by atoms with van der Waals surface area (Å²) in [6.07, 6.45) is 5.07. The fraction of sp³-hybridized carbons (Fsp3) is 0.200. The molecule has 0 fully saturated rings. The maximum atomic E-state index is 9.33. The molecular weight excluding hydrogens is 872 g/mol. The van der Waals surface area contributed by atoms with Crippen LogP contribution in [0.4, 0.5) is 0 Å². The van der Waals surface area contributed by atoms with Crippen LogP contribution in [-0.4, -0.2) is 17.1 Å². The van der Waals surface area contributed by atoms with Gasteiger partial charge >= 0.3 is 265 Å². The second kappa shape index (κ2) is 17.4. The zero-order chi connectivity index (χ0) is 45.7. The van der Waals surface area contributed by atoms with Crippen molar-refractivity contribution in [2.45, 2.75) is 71.9 Å². The van der Waals surface area contributed by atoms with Crippen molar-refractivity contribution in [1.29, 1.82) is 0 Å². The molecular formula is C60H62O2SiZr. The van der Waals surface area contributed by atoms with Gasteiger partial charge < -0.3 is 10.2 Å². The Balaban J connectivity index is 0.000000230. The summed E-state index contributed by atoms with van der Waals surface area (Å²) in [5.74, 6) is 0.844. The van der Waals surface area contributed by atoms with Crippen LogP contribution in [-0.2, 0) is 17.4 Å². The van der Waals surface area contributed by atoms with E-state index in [0.717, 1.165) is 22.3 Å². The van der Waals surface area contributed by atoms with Crippen molar-refractivity contribution < 1.29 is 27.6 Å². The number of fused-ring (bicyclic) bond motifs is 4. The van der Waals surface area contributed by atoms with Crippen molar-refractivity contribution in [3.63, 3.8) is 0 Å². The molecule has 0 aliphatic heterocycles. The quantitative estimate of drug-likeness (QED) is 0.173. The van der Waals surface area contributed by atoms with E-state index in [1.54, 1.807) is 22.3 Å². The first kappa shape index (κ1) is 45.0. The van der Waals surface area contributed by atoms with E-state index in [1.807, 2.05) is 65.8 Å². The standard InChI is InChI=1S/2C20H15.2C9H12O.2CH3.H2Si.Zr/c2*1-14-12-16-8-5-11-19(20(16)13-14)18-10-4-7-15-6-2-3-9-17(15)18;2*1-6-4-7(2)9(10)8(3)5-6;;;;/h2*2-13H,1H3;2*4-5,10H,1-3H3;2*1H3;1H2;. The Kier molecular flexibility index (Phi) is 12.3. The molecule has 0 saturated carbocycles. The number of benzene rings is 8. The van der Waals surface area contributed by atoms with Crippen LogP contribution in [0.15, 0.2) is 157 Å². The Bertz CT molecular complexity index is 3000. The average molecular weight is 934 g/mol. The van der Waals surface area contributed by atoms with Crippen LogP contribution in [0.25, 0.3) is 56.0 Å². The zero-order valence-corrected chi connectivity index (χ0v) is 43.1. The molecule has 2 N–H and O–H groups in total. The van der Waals surface area contributed by atoms with Crippen LogP contribution in [0.3, 0.4) is 0 Å². The molecule has 0 spiro atoms. The minimum Gasteiger partial charge on any atom is -0.507 e. The molecule has 2 atom stereocenters. The number of allylic oxidation sites excluding steroid dienone is 2. The van der Waals surface area contributed by atoms with Crippen molar-refractivity contribution in [3.8, 4) is 33.8 Å². The number of aromatic hydroxyl groups is 2. The van der Waals surface area contributed by atoms with Gasteiger partial charge in [-0.15, -0.1) is 0 Å². The molecule has 0 radical (unpaired) electrons. The van der Waals surface area contributed by atoms with E-state index in [-0.39, 0.29) is 0 Å². The summed E-state index contributed by atoms with van der Waals surface area (Å²) in [4.78, 5) is 0. The second-order valence-corrected chi connectivity index (χ2v) is 50.2. The van der Waals surface area contributed by atoms with Gasteiger partial charge in [-0.2, -0.15) is 0 Å². The largest absolute Gasteiger partial charge is 0.507 e. The van der Waals surface area contributed by atoms with Crippen molar-refractivity contribution in [2.24, 2.45) is 0 Å². The topological polar surface area (TPSA) is 40.5 Å². The van der Waals surface area contributed by atoms with E-state index in [1.165, 1.54) is 66.1 Å². The van der Waals surface area contributed by atoms with Gasteiger partial charge in [-0.25, -0.2) is 0 Å². The van der Waals surface area contributed by atoms with Gasteiger partial charge in [0.1, 0.15) is 11.5 Å². The molecule has 0 bridgehead atoms. The molecule has 8 aromatic carbocycles. The van der Waals surface area contributed by atoms with Gasteiger partial charge in [-0.3, -0.25) is 0 Å². The number of rotatable bonds is 4. The Morgan fingerprint density at radius 1 is 0.406 bits per heavy atom. The van der Waals surface area contributed by atoms with Gasteiger partial charge in [0.25, 0.3) is 0 Å². The van der Waals surface area contributed by atoms with E-state index >= 15 is 0 Å². The van der Waals surface area contributed by atoms with Crippen LogP contribution in [0, 0.1) is 41.5 Å². The van der Waals surface area contributed by atoms with E-state index in [4.69, 9.17) is 0 Å². The Morgan fingerprint density at radius 3 is 1.09 bits per heavy atom. The Morgan fingerprint density at radius 2 is 0.719 bits per heavy atom. The fourth-order valence-electron chi connectivity index (χ4n) is 11.5. The predicted octanol–water partition coefficient (Wildman–Crippen LogP) is 15.9. The molecule has 0 amide bonds. The molecule has 322 valence electrons. The van der Waals surface area contributed by atoms with Gasteiger partial charge in [0.2, 0.25) is 0 Å². The molecule has 0 saturated heterocycles. The zero-order valence-electron chi connectivity index (χ0n) is 39.3. The van der Waals surface area contributed by atoms with Crippen LogP contribution in [0.1, 0.15) is 76.7 Å². The van der Waals surface area contributed by atoms with Gasteiger partial charge in [0, 0.05) is 0 Å². The molecule has 4 heteroatoms. The Hall–Kier alpha value is -5.54. The number of hydrogen-bond donors (Lipinski definition) is 2. The second-order valence-electron chi connectivity index (χ2n) is 19.7. The molecule has 2 aliphatic carbocycles. The van der Waals surface area contributed by atoms with Crippen molar-refractivity contribution in [2.75, 3.05) is 0 Å². The van der Waals surface area contributed by atoms with Crippen LogP contribution in [0.2, 0.25) is 9.26 Å². The minimum atomic E-state index is -3.62. The average Bonchev–Trinajstić information content (AvgIpc) is 3.81. The van der Waals surface area contributed by atoms with Crippen molar-refractivity contribution >= 4 is 40.6 Å². The third kappa shape index (κ3) is 8.32. The SMILES string of the molecule is CC1=Cc2c(-c3cccc4ccccc34)cccc2[CH]1[Zr]([CH3])([CH3])(=[SiH2])[CH]1C(C)=Cc2c(-c3cccc4ccccc34)cccc21.Cc1cc(C)c(O)c(C)c1.Cc1cc(C)c(O)c(C)c1. The number of hydrogen-bond acceptors (Lipinski definition) is 2. The molecule has 0 aromatic heterocycles. The van der Waals surface area contributed by atoms with Crippen LogP contribution in [0.5, 0.6) is 11.5 Å². The summed E-state index contributed by atoms with van der Waals surface area (Å²) in [6, 6.07) is 53.2. The summed E-state index contributed by atoms with van der Waals surface area (Å²) in [5, 5.41) is 23.9. The molecule has 2 nitrogen and oxygen atoms in total. The first-order chi connectivity index (χ1) is 30.4. The van der Waals surface area contributed by atoms with Crippen molar-refractivity contribution in [3.05, 3.63) is 212 Å². The maximum Gasteiger partial charge on any atom is 0.121 e. The van der Waals surface area contributed by atoms with Crippen LogP contribution < -0.4 is 0 Å². The third-order valence-corrected chi connectivity index (χ3v) is 31.8. The van der Waals surface area contributed by atoms with Gasteiger partial charge in [0.15, 0.2) is 0 Å². The van der Waals surface area contributed by atoms with Gasteiger partial charge in [0.05, 0.1) is 0 Å². The van der Waals surface area contributed by atoms with E-state index in [0.29, 0.717) is 18.8 Å². The van der Waals surface area contributed by atoms with Crippen LogP contribution >= 0.6 is 0 Å². The number of phenolic OH excluding ortho intramolecular Hbond substituents is 2. The van der Waals surface area contributed by atoms with E-state index in [2.05, 4.69) is 163 Å². The minimum absolute atomic E-state index is 0.422. The molecule has 10 rings (SSSR count). The predicted molar refractivity (Wildman–Crippen MR) is 276 cm³/mol. The fourth-order valence-corrected chi connectivity index (χ4v) is 32.8. The number of aryl methyl sites for hydroxylation is 6. The van der Waals surface area contributed by atoms with E-state index in [9.17, 15) is 10.2 Å². The first-order valence-electron chi connectivity index (χ1n) is 22.6. The number of phenols is 2. The summed E-state index contributed by atoms with van der Waals surface area (Å²) < 4.78 is 6.48. The molecule has 8 aromatic rings. The molecule has 0 heterocycles. The molecule has 64 heavy (non-hydrogen) atoms. The summed E-state index contributed by atoms with van der Waals surface area (Å²) >= 11 is -3.62. The normalized spacial score (nSPS) is 15.4. The molecule has 2 aliphatic rings.